The number of imidazole rings is 1. The van der Waals surface area contributed by atoms with Gasteiger partial charge in [-0.2, -0.15) is 0 Å². The molecule has 0 radical (unpaired) electrons. The highest BCUT2D eigenvalue weighted by Gasteiger charge is 2.02. The van der Waals surface area contributed by atoms with Gasteiger partial charge in [-0.15, -0.1) is 35.7 Å². The predicted molar refractivity (Wildman–Crippen MR) is 127 cm³/mol. The fourth-order valence-electron chi connectivity index (χ4n) is 2.51. The number of benzene rings is 1. The van der Waals surface area contributed by atoms with Gasteiger partial charge in [0.1, 0.15) is 18.0 Å². The molecule has 0 aliphatic heterocycles. The number of hydrogen-bond donors (Lipinski definition) is 2. The fourth-order valence-corrected chi connectivity index (χ4v) is 3.37. The van der Waals surface area contributed by atoms with Crippen LogP contribution >= 0.6 is 35.7 Å². The molecule has 154 valence electrons. The summed E-state index contributed by atoms with van der Waals surface area (Å²) in [5.41, 5.74) is 1.11. The molecule has 9 heteroatoms. The van der Waals surface area contributed by atoms with Gasteiger partial charge in [-0.1, -0.05) is 0 Å². The lowest BCUT2D eigenvalue weighted by Crippen LogP contribution is -2.37. The highest BCUT2D eigenvalue weighted by atomic mass is 127. The van der Waals surface area contributed by atoms with Crippen molar-refractivity contribution in [2.24, 2.45) is 4.99 Å². The molecule has 0 spiro atoms. The maximum atomic E-state index is 12.9. The third-order valence-electron chi connectivity index (χ3n) is 3.96. The van der Waals surface area contributed by atoms with Crippen LogP contribution in [0, 0.1) is 5.82 Å². The number of pyridine rings is 1. The second-order valence-electron chi connectivity index (χ2n) is 6.00. The van der Waals surface area contributed by atoms with Crippen molar-refractivity contribution in [1.29, 1.82) is 0 Å². The van der Waals surface area contributed by atoms with E-state index in [0.29, 0.717) is 6.54 Å². The van der Waals surface area contributed by atoms with E-state index in [-0.39, 0.29) is 29.8 Å². The maximum Gasteiger partial charge on any atom is 0.191 e. The Balaban J connectivity index is 0.00000300. The molecule has 0 bridgehead atoms. The van der Waals surface area contributed by atoms with Gasteiger partial charge in [0.2, 0.25) is 0 Å². The highest BCUT2D eigenvalue weighted by molar-refractivity contribution is 14.0. The summed E-state index contributed by atoms with van der Waals surface area (Å²) >= 11 is 1.72. The number of rotatable bonds is 8. The molecule has 0 saturated heterocycles. The predicted octanol–water partition coefficient (Wildman–Crippen LogP) is 3.87. The number of aromatic nitrogens is 3. The molecule has 0 unspecified atom stereocenters. The van der Waals surface area contributed by atoms with Crippen LogP contribution in [0.25, 0.3) is 5.82 Å². The van der Waals surface area contributed by atoms with Gasteiger partial charge in [0.15, 0.2) is 5.96 Å². The monoisotopic (exact) mass is 526 g/mol. The summed E-state index contributed by atoms with van der Waals surface area (Å²) < 4.78 is 14.8. The van der Waals surface area contributed by atoms with Crippen LogP contribution in [0.3, 0.4) is 0 Å². The lowest BCUT2D eigenvalue weighted by molar-refractivity contribution is 0.626. The van der Waals surface area contributed by atoms with E-state index in [1.807, 2.05) is 22.9 Å². The maximum absolute atomic E-state index is 12.9. The molecule has 6 nitrogen and oxygen atoms in total. The molecule has 2 heterocycles. The summed E-state index contributed by atoms with van der Waals surface area (Å²) in [5, 5.41) is 6.62. The van der Waals surface area contributed by atoms with Crippen LogP contribution in [0.4, 0.5) is 4.39 Å². The van der Waals surface area contributed by atoms with Crippen molar-refractivity contribution in [3.63, 3.8) is 0 Å². The molecular weight excluding hydrogens is 502 g/mol. The molecule has 0 aliphatic carbocycles. The number of nitrogens with one attached hydrogen (secondary N) is 2. The Morgan fingerprint density at radius 3 is 2.72 bits per heavy atom. The zero-order valence-electron chi connectivity index (χ0n) is 16.1. The minimum atomic E-state index is -0.202. The van der Waals surface area contributed by atoms with E-state index in [1.54, 1.807) is 49.7 Å². The smallest absolute Gasteiger partial charge is 0.191 e. The SMILES string of the molecule is CN=C(NCCCSc1ccc(F)cc1)NCc1ccnc(-n2ccnc2)c1.I. The van der Waals surface area contributed by atoms with Crippen LogP contribution in [-0.2, 0) is 6.54 Å². The Labute approximate surface area is 191 Å². The summed E-state index contributed by atoms with van der Waals surface area (Å²) in [6, 6.07) is 10.6. The standard InChI is InChI=1S/C20H23FN6S.HI/c1-22-20(25-8-2-12-28-18-5-3-17(21)4-6-18)26-14-16-7-9-24-19(13-16)27-11-10-23-15-27;/h3-7,9-11,13,15H,2,8,12,14H2,1H3,(H2,22,25,26);1H. The summed E-state index contributed by atoms with van der Waals surface area (Å²) in [6.45, 7) is 1.46. The zero-order valence-corrected chi connectivity index (χ0v) is 19.2. The summed E-state index contributed by atoms with van der Waals surface area (Å²) in [4.78, 5) is 13.7. The van der Waals surface area contributed by atoms with Gasteiger partial charge in [0.05, 0.1) is 0 Å². The van der Waals surface area contributed by atoms with E-state index in [4.69, 9.17) is 0 Å². The quantitative estimate of drug-likeness (QED) is 0.153. The second-order valence-corrected chi connectivity index (χ2v) is 7.17. The first kappa shape index (κ1) is 23.1. The van der Waals surface area contributed by atoms with Crippen molar-refractivity contribution >= 4 is 41.7 Å². The third kappa shape index (κ3) is 7.65. The van der Waals surface area contributed by atoms with Crippen LogP contribution in [0.5, 0.6) is 0 Å². The lowest BCUT2D eigenvalue weighted by Gasteiger charge is -2.12. The first-order valence-electron chi connectivity index (χ1n) is 9.01. The molecule has 29 heavy (non-hydrogen) atoms. The summed E-state index contributed by atoms with van der Waals surface area (Å²) in [6.07, 6.45) is 8.08. The number of aliphatic imine (C=N–C) groups is 1. The van der Waals surface area contributed by atoms with Crippen LogP contribution in [0.1, 0.15) is 12.0 Å². The van der Waals surface area contributed by atoms with E-state index < -0.39 is 0 Å². The number of hydrogen-bond acceptors (Lipinski definition) is 4. The molecule has 0 fully saturated rings. The van der Waals surface area contributed by atoms with Gasteiger partial charge in [-0.05, 0) is 54.1 Å². The molecule has 0 amide bonds. The Hall–Kier alpha value is -2.14. The van der Waals surface area contributed by atoms with Gasteiger partial charge >= 0.3 is 0 Å². The van der Waals surface area contributed by atoms with E-state index in [1.165, 1.54) is 12.1 Å². The first-order chi connectivity index (χ1) is 13.7. The Bertz CT molecular complexity index is 886. The van der Waals surface area contributed by atoms with E-state index >= 15 is 0 Å². The van der Waals surface area contributed by atoms with Crippen LogP contribution < -0.4 is 10.6 Å². The van der Waals surface area contributed by atoms with Gasteiger partial charge in [0, 0.05) is 43.6 Å². The normalized spacial score (nSPS) is 11.0. The number of halogens is 2. The topological polar surface area (TPSA) is 67.1 Å². The van der Waals surface area contributed by atoms with E-state index in [9.17, 15) is 4.39 Å². The minimum Gasteiger partial charge on any atom is -0.356 e. The molecule has 0 atom stereocenters. The lowest BCUT2D eigenvalue weighted by atomic mass is 10.2. The van der Waals surface area contributed by atoms with Crippen molar-refractivity contribution in [1.82, 2.24) is 25.2 Å². The largest absolute Gasteiger partial charge is 0.356 e. The van der Waals surface area contributed by atoms with Crippen molar-refractivity contribution < 1.29 is 4.39 Å². The van der Waals surface area contributed by atoms with E-state index in [2.05, 4.69) is 25.6 Å². The molecule has 0 saturated carbocycles. The van der Waals surface area contributed by atoms with E-state index in [0.717, 1.165) is 41.0 Å². The summed E-state index contributed by atoms with van der Waals surface area (Å²) in [5.74, 6) is 2.34. The number of thioether (sulfide) groups is 1. The molecule has 2 N–H and O–H groups in total. The van der Waals surface area contributed by atoms with Gasteiger partial charge in [0.25, 0.3) is 0 Å². The third-order valence-corrected chi connectivity index (χ3v) is 5.06. The molecule has 1 aromatic carbocycles. The summed E-state index contributed by atoms with van der Waals surface area (Å²) in [7, 11) is 1.76. The average molecular weight is 526 g/mol. The van der Waals surface area contributed by atoms with Crippen LogP contribution in [-0.4, -0.2) is 39.8 Å². The van der Waals surface area contributed by atoms with Crippen molar-refractivity contribution in [3.8, 4) is 5.82 Å². The Morgan fingerprint density at radius 1 is 1.17 bits per heavy atom. The second kappa shape index (κ2) is 12.4. The highest BCUT2D eigenvalue weighted by Crippen LogP contribution is 2.18. The van der Waals surface area contributed by atoms with Crippen molar-refractivity contribution in [2.75, 3.05) is 19.3 Å². The van der Waals surface area contributed by atoms with Gasteiger partial charge in [-0.3, -0.25) is 9.56 Å². The Kier molecular flexibility index (Phi) is 9.92. The molecule has 3 aromatic rings. The van der Waals surface area contributed by atoms with Crippen LogP contribution in [0.15, 0.2) is 71.2 Å². The van der Waals surface area contributed by atoms with Crippen LogP contribution in [0.2, 0.25) is 0 Å². The van der Waals surface area contributed by atoms with Crippen molar-refractivity contribution in [2.45, 2.75) is 17.9 Å². The fraction of sp³-hybridized carbons (Fsp3) is 0.250. The molecule has 2 aromatic heterocycles. The number of guanidine groups is 1. The Morgan fingerprint density at radius 2 is 2.00 bits per heavy atom. The molecular formula is C20H24FIN6S. The number of nitrogens with zero attached hydrogens (tertiary/aromatic N) is 4. The average Bonchev–Trinajstić information content (AvgIpc) is 3.26. The molecule has 3 rings (SSSR count). The zero-order chi connectivity index (χ0) is 19.6. The van der Waals surface area contributed by atoms with Crippen molar-refractivity contribution in [3.05, 3.63) is 72.7 Å². The minimum absolute atomic E-state index is 0. The molecule has 0 aliphatic rings. The van der Waals surface area contributed by atoms with Gasteiger partial charge < -0.3 is 10.6 Å². The first-order valence-corrected chi connectivity index (χ1v) is 9.99. The van der Waals surface area contributed by atoms with Gasteiger partial charge in [-0.25, -0.2) is 14.4 Å².